The highest BCUT2D eigenvalue weighted by Gasteiger charge is 2.30. The summed E-state index contributed by atoms with van der Waals surface area (Å²) in [7, 11) is 0. The summed E-state index contributed by atoms with van der Waals surface area (Å²) in [6.07, 6.45) is 4.87. The van der Waals surface area contributed by atoms with Gasteiger partial charge in [0.15, 0.2) is 5.13 Å². The van der Waals surface area contributed by atoms with E-state index < -0.39 is 5.97 Å². The van der Waals surface area contributed by atoms with Gasteiger partial charge in [0, 0.05) is 18.0 Å². The highest BCUT2D eigenvalue weighted by molar-refractivity contribution is 7.13. The maximum atomic E-state index is 10.6. The zero-order valence-electron chi connectivity index (χ0n) is 10.1. The molecule has 0 saturated heterocycles. The minimum Gasteiger partial charge on any atom is -0.481 e. The molecule has 0 atom stereocenters. The predicted molar refractivity (Wildman–Crippen MR) is 68.7 cm³/mol. The quantitative estimate of drug-likeness (QED) is 0.812. The first-order valence-electron chi connectivity index (χ1n) is 6.13. The van der Waals surface area contributed by atoms with Crippen LogP contribution < -0.4 is 4.90 Å². The number of hydrogen-bond acceptors (Lipinski definition) is 4. The summed E-state index contributed by atoms with van der Waals surface area (Å²) in [5, 5.41) is 11.6. The number of anilines is 1. The van der Waals surface area contributed by atoms with E-state index in [1.54, 1.807) is 11.3 Å². The van der Waals surface area contributed by atoms with Crippen LogP contribution in [0.4, 0.5) is 5.13 Å². The number of aromatic nitrogens is 1. The SMILES string of the molecule is CCCCN(c1nc(CC(=O)O)cs1)C1CC1. The number of aliphatic carboxylic acids is 1. The first-order chi connectivity index (χ1) is 8.20. The summed E-state index contributed by atoms with van der Waals surface area (Å²) in [4.78, 5) is 17.4. The Balaban J connectivity index is 2.02. The van der Waals surface area contributed by atoms with Crippen LogP contribution in [-0.2, 0) is 11.2 Å². The summed E-state index contributed by atoms with van der Waals surface area (Å²) in [6.45, 7) is 3.23. The maximum Gasteiger partial charge on any atom is 0.309 e. The summed E-state index contributed by atoms with van der Waals surface area (Å²) in [5.41, 5.74) is 0.680. The van der Waals surface area contributed by atoms with E-state index in [0.717, 1.165) is 11.7 Å². The van der Waals surface area contributed by atoms with Crippen molar-refractivity contribution in [3.63, 3.8) is 0 Å². The van der Waals surface area contributed by atoms with Crippen LogP contribution in [0.25, 0.3) is 0 Å². The van der Waals surface area contributed by atoms with E-state index in [1.807, 2.05) is 5.38 Å². The molecule has 1 N–H and O–H groups in total. The molecule has 0 unspecified atom stereocenters. The number of thiazole rings is 1. The van der Waals surface area contributed by atoms with Crippen LogP contribution in [0.1, 0.15) is 38.3 Å². The van der Waals surface area contributed by atoms with Crippen molar-refractivity contribution >= 4 is 22.4 Å². The Labute approximate surface area is 105 Å². The molecule has 1 fully saturated rings. The van der Waals surface area contributed by atoms with Gasteiger partial charge in [0.2, 0.25) is 0 Å². The molecule has 1 aromatic heterocycles. The molecular formula is C12H18N2O2S. The normalized spacial score (nSPS) is 14.9. The minimum atomic E-state index is -0.812. The Morgan fingerprint density at radius 1 is 1.65 bits per heavy atom. The van der Waals surface area contributed by atoms with Gasteiger partial charge in [-0.15, -0.1) is 11.3 Å². The molecule has 0 aliphatic heterocycles. The fraction of sp³-hybridized carbons (Fsp3) is 0.667. The molecule has 94 valence electrons. The molecule has 1 aromatic rings. The largest absolute Gasteiger partial charge is 0.481 e. The number of carboxylic acids is 1. The molecule has 1 heterocycles. The molecule has 1 aliphatic rings. The molecule has 0 bridgehead atoms. The molecule has 17 heavy (non-hydrogen) atoms. The monoisotopic (exact) mass is 254 g/mol. The zero-order chi connectivity index (χ0) is 12.3. The summed E-state index contributed by atoms with van der Waals surface area (Å²) in [6, 6.07) is 0.644. The first-order valence-corrected chi connectivity index (χ1v) is 7.01. The molecule has 0 aromatic carbocycles. The maximum absolute atomic E-state index is 10.6. The number of hydrogen-bond donors (Lipinski definition) is 1. The third-order valence-corrected chi connectivity index (χ3v) is 3.78. The van der Waals surface area contributed by atoms with Gasteiger partial charge in [0.25, 0.3) is 0 Å². The van der Waals surface area contributed by atoms with Crippen molar-refractivity contribution in [2.24, 2.45) is 0 Å². The predicted octanol–water partition coefficient (Wildman–Crippen LogP) is 2.54. The highest BCUT2D eigenvalue weighted by atomic mass is 32.1. The minimum absolute atomic E-state index is 0.0305. The van der Waals surface area contributed by atoms with E-state index in [0.29, 0.717) is 11.7 Å². The van der Waals surface area contributed by atoms with Gasteiger partial charge in [-0.3, -0.25) is 4.79 Å². The molecule has 1 saturated carbocycles. The molecule has 0 spiro atoms. The Morgan fingerprint density at radius 3 is 3.00 bits per heavy atom. The van der Waals surface area contributed by atoms with E-state index in [4.69, 9.17) is 5.11 Å². The number of carbonyl (C=O) groups is 1. The average molecular weight is 254 g/mol. The summed E-state index contributed by atoms with van der Waals surface area (Å²) < 4.78 is 0. The molecule has 2 rings (SSSR count). The molecular weight excluding hydrogens is 236 g/mol. The van der Waals surface area contributed by atoms with Crippen molar-refractivity contribution in [2.75, 3.05) is 11.4 Å². The Bertz CT molecular complexity index is 388. The number of unbranched alkanes of at least 4 members (excludes halogenated alkanes) is 1. The Kier molecular flexibility index (Phi) is 3.99. The van der Waals surface area contributed by atoms with Gasteiger partial charge in [-0.2, -0.15) is 0 Å². The lowest BCUT2D eigenvalue weighted by molar-refractivity contribution is -0.136. The van der Waals surface area contributed by atoms with Crippen LogP contribution in [-0.4, -0.2) is 28.6 Å². The lowest BCUT2D eigenvalue weighted by atomic mass is 10.3. The Hall–Kier alpha value is -1.10. The van der Waals surface area contributed by atoms with Crippen LogP contribution in [0, 0.1) is 0 Å². The van der Waals surface area contributed by atoms with Crippen LogP contribution >= 0.6 is 11.3 Å². The van der Waals surface area contributed by atoms with Crippen LogP contribution in [0.2, 0.25) is 0 Å². The van der Waals surface area contributed by atoms with Crippen LogP contribution in [0.3, 0.4) is 0 Å². The van der Waals surface area contributed by atoms with Crippen molar-refractivity contribution in [1.82, 2.24) is 4.98 Å². The van der Waals surface area contributed by atoms with Gasteiger partial charge in [0.05, 0.1) is 12.1 Å². The van der Waals surface area contributed by atoms with Gasteiger partial charge >= 0.3 is 5.97 Å². The van der Waals surface area contributed by atoms with Gasteiger partial charge in [-0.25, -0.2) is 4.98 Å². The second-order valence-electron chi connectivity index (χ2n) is 4.47. The topological polar surface area (TPSA) is 53.4 Å². The van der Waals surface area contributed by atoms with Crippen molar-refractivity contribution in [3.05, 3.63) is 11.1 Å². The molecule has 1 aliphatic carbocycles. The number of rotatable bonds is 7. The standard InChI is InChI=1S/C12H18N2O2S/c1-2-3-6-14(10-4-5-10)12-13-9(8-17-12)7-11(15)16/h8,10H,2-7H2,1H3,(H,15,16). The van der Waals surface area contributed by atoms with Crippen LogP contribution in [0.15, 0.2) is 5.38 Å². The van der Waals surface area contributed by atoms with Gasteiger partial charge in [-0.05, 0) is 19.3 Å². The number of carboxylic acid groups (broad SMARTS) is 1. The van der Waals surface area contributed by atoms with Crippen molar-refractivity contribution in [1.29, 1.82) is 0 Å². The average Bonchev–Trinajstić information content (AvgIpc) is 3.00. The van der Waals surface area contributed by atoms with Gasteiger partial charge in [0.1, 0.15) is 0 Å². The second-order valence-corrected chi connectivity index (χ2v) is 5.31. The van der Waals surface area contributed by atoms with E-state index in [-0.39, 0.29) is 6.42 Å². The van der Waals surface area contributed by atoms with Gasteiger partial charge < -0.3 is 10.0 Å². The number of nitrogens with zero attached hydrogens (tertiary/aromatic N) is 2. The summed E-state index contributed by atoms with van der Waals surface area (Å²) >= 11 is 1.57. The molecule has 5 heteroatoms. The van der Waals surface area contributed by atoms with E-state index in [1.165, 1.54) is 25.7 Å². The summed E-state index contributed by atoms with van der Waals surface area (Å²) in [5.74, 6) is -0.812. The van der Waals surface area contributed by atoms with Crippen molar-refractivity contribution in [2.45, 2.75) is 45.1 Å². The van der Waals surface area contributed by atoms with Crippen molar-refractivity contribution in [3.8, 4) is 0 Å². The second kappa shape index (κ2) is 5.49. The van der Waals surface area contributed by atoms with E-state index in [9.17, 15) is 4.79 Å². The Morgan fingerprint density at radius 2 is 2.41 bits per heavy atom. The molecule has 4 nitrogen and oxygen atoms in total. The lowest BCUT2D eigenvalue weighted by Crippen LogP contribution is -2.26. The third-order valence-electron chi connectivity index (χ3n) is 2.86. The lowest BCUT2D eigenvalue weighted by Gasteiger charge is -2.20. The third kappa shape index (κ3) is 3.43. The van der Waals surface area contributed by atoms with Crippen molar-refractivity contribution < 1.29 is 9.90 Å². The first kappa shape index (κ1) is 12.4. The smallest absolute Gasteiger partial charge is 0.309 e. The van der Waals surface area contributed by atoms with Crippen LogP contribution in [0.5, 0.6) is 0 Å². The fourth-order valence-electron chi connectivity index (χ4n) is 1.81. The van der Waals surface area contributed by atoms with E-state index >= 15 is 0 Å². The fourth-order valence-corrected chi connectivity index (χ4v) is 2.74. The molecule has 0 amide bonds. The van der Waals surface area contributed by atoms with Gasteiger partial charge in [-0.1, -0.05) is 13.3 Å². The zero-order valence-corrected chi connectivity index (χ0v) is 10.9. The molecule has 0 radical (unpaired) electrons. The van der Waals surface area contributed by atoms with E-state index in [2.05, 4.69) is 16.8 Å². The highest BCUT2D eigenvalue weighted by Crippen LogP contribution is 2.33.